The third kappa shape index (κ3) is 2.79. The van der Waals surface area contributed by atoms with Gasteiger partial charge in [-0.25, -0.2) is 4.79 Å². The summed E-state index contributed by atoms with van der Waals surface area (Å²) < 4.78 is 6.32. The van der Waals surface area contributed by atoms with E-state index in [4.69, 9.17) is 11.6 Å². The molecule has 0 aliphatic carbocycles. The molecule has 1 heterocycles. The van der Waals surface area contributed by atoms with E-state index in [0.717, 1.165) is 4.90 Å². The van der Waals surface area contributed by atoms with Gasteiger partial charge >= 0.3 is 5.43 Å². The second kappa shape index (κ2) is 6.13. The lowest BCUT2D eigenvalue weighted by atomic mass is 10.1. The summed E-state index contributed by atoms with van der Waals surface area (Å²) in [5, 5.41) is 0. The van der Waals surface area contributed by atoms with E-state index in [2.05, 4.69) is 52.5 Å². The minimum Gasteiger partial charge on any atom is -0.452 e. The predicted molar refractivity (Wildman–Crippen MR) is 82.1 cm³/mol. The fraction of sp³-hybridized carbons (Fsp3) is 0.182. The lowest BCUT2D eigenvalue weighted by Gasteiger charge is -2.12. The zero-order valence-corrected chi connectivity index (χ0v) is 15.1. The number of carbonyl (C=O) groups excluding carboxylic acids is 3. The minimum absolute atomic E-state index is 0.0491. The molecule has 1 aromatic carbocycles. The zero-order chi connectivity index (χ0) is 15.0. The number of fused-ring (bicyclic) bond motifs is 1. The molecule has 0 bridgehead atoms. The van der Waals surface area contributed by atoms with Crippen molar-refractivity contribution in [1.82, 2.24) is 4.90 Å². The van der Waals surface area contributed by atoms with E-state index in [9.17, 15) is 14.4 Å². The third-order valence-corrected chi connectivity index (χ3v) is 6.04. The Kier molecular flexibility index (Phi) is 4.88. The molecule has 0 unspecified atom stereocenters. The highest BCUT2D eigenvalue weighted by molar-refractivity contribution is 9.14. The van der Waals surface area contributed by atoms with Crippen LogP contribution in [0.4, 0.5) is 4.79 Å². The first-order valence-electron chi connectivity index (χ1n) is 5.20. The minimum atomic E-state index is -0.978. The molecule has 2 rings (SSSR count). The van der Waals surface area contributed by atoms with Crippen LogP contribution in [0.1, 0.15) is 20.7 Å². The fourth-order valence-electron chi connectivity index (χ4n) is 1.77. The van der Waals surface area contributed by atoms with Gasteiger partial charge in [0.2, 0.25) is 0 Å². The summed E-state index contributed by atoms with van der Waals surface area (Å²) in [5.41, 5.74) is -0.412. The van der Waals surface area contributed by atoms with Crippen molar-refractivity contribution in [2.24, 2.45) is 0 Å². The normalized spacial score (nSPS) is 13.7. The lowest BCUT2D eigenvalue weighted by molar-refractivity contribution is 0.0615. The topological polar surface area (TPSA) is 63.7 Å². The van der Waals surface area contributed by atoms with Crippen molar-refractivity contribution < 1.29 is 19.1 Å². The summed E-state index contributed by atoms with van der Waals surface area (Å²) in [5.74, 6) is -0.889. The maximum Gasteiger partial charge on any atom is 0.403 e. The van der Waals surface area contributed by atoms with Crippen LogP contribution < -0.4 is 0 Å². The number of carbonyl (C=O) groups is 3. The molecule has 0 spiro atoms. The summed E-state index contributed by atoms with van der Waals surface area (Å²) in [7, 11) is 0. The molecule has 1 aromatic rings. The smallest absolute Gasteiger partial charge is 0.403 e. The Morgan fingerprint density at radius 3 is 2.45 bits per heavy atom. The van der Waals surface area contributed by atoms with Gasteiger partial charge in [0.05, 0.1) is 17.7 Å². The summed E-state index contributed by atoms with van der Waals surface area (Å²) in [6.45, 7) is -0.194. The average Bonchev–Trinajstić information content (AvgIpc) is 2.60. The number of nitrogens with zero attached hydrogens (tertiary/aromatic N) is 1. The second-order valence-electron chi connectivity index (χ2n) is 3.76. The Morgan fingerprint density at radius 1 is 1.20 bits per heavy atom. The number of imide groups is 1. The van der Waals surface area contributed by atoms with Gasteiger partial charge in [0.1, 0.15) is 6.61 Å². The van der Waals surface area contributed by atoms with Crippen LogP contribution in [-0.2, 0) is 4.74 Å². The number of halogens is 4. The molecule has 5 nitrogen and oxygen atoms in total. The number of rotatable bonds is 3. The molecule has 0 atom stereocenters. The van der Waals surface area contributed by atoms with Crippen molar-refractivity contribution >= 4 is 76.6 Å². The molecule has 20 heavy (non-hydrogen) atoms. The highest BCUT2D eigenvalue weighted by Crippen LogP contribution is 2.39. The maximum atomic E-state index is 12.2. The van der Waals surface area contributed by atoms with Gasteiger partial charge in [-0.1, -0.05) is 0 Å². The van der Waals surface area contributed by atoms with E-state index < -0.39 is 17.2 Å². The molecular formula is C11H5Br3ClNO4. The standard InChI is InChI=1S/C11H5Br3ClNO4/c12-5-3-4-6(8(14)7(5)13)10(18)16(9(4)17)1-2-20-11(15)19/h3H,1-2H2. The van der Waals surface area contributed by atoms with Gasteiger partial charge in [-0.3, -0.25) is 14.5 Å². The summed E-state index contributed by atoms with van der Waals surface area (Å²) in [6, 6.07) is 1.57. The predicted octanol–water partition coefficient (Wildman–Crippen LogP) is 3.95. The van der Waals surface area contributed by atoms with Crippen LogP contribution in [0.25, 0.3) is 0 Å². The van der Waals surface area contributed by atoms with E-state index in [1.165, 1.54) is 0 Å². The number of amides is 2. The van der Waals surface area contributed by atoms with Gasteiger partial charge in [0.15, 0.2) is 0 Å². The molecule has 0 N–H and O–H groups in total. The highest BCUT2D eigenvalue weighted by atomic mass is 79.9. The molecule has 0 radical (unpaired) electrons. The number of hydrogen-bond donors (Lipinski definition) is 0. The van der Waals surface area contributed by atoms with E-state index in [1.54, 1.807) is 6.07 Å². The largest absolute Gasteiger partial charge is 0.452 e. The van der Waals surface area contributed by atoms with Crippen molar-refractivity contribution in [3.63, 3.8) is 0 Å². The first-order chi connectivity index (χ1) is 9.34. The Labute approximate surface area is 144 Å². The molecule has 2 amide bonds. The van der Waals surface area contributed by atoms with Crippen LogP contribution in [0.15, 0.2) is 19.5 Å². The van der Waals surface area contributed by atoms with Gasteiger partial charge in [-0.05, 0) is 53.9 Å². The summed E-state index contributed by atoms with van der Waals surface area (Å²) >= 11 is 14.9. The zero-order valence-electron chi connectivity index (χ0n) is 9.58. The first-order valence-corrected chi connectivity index (χ1v) is 7.96. The van der Waals surface area contributed by atoms with E-state index in [0.29, 0.717) is 13.4 Å². The summed E-state index contributed by atoms with van der Waals surface area (Å²) in [6.07, 6.45) is 0. The molecular weight excluding hydrogens is 485 g/mol. The Hall–Kier alpha value is -0.440. The Balaban J connectivity index is 2.31. The molecule has 0 saturated heterocycles. The van der Waals surface area contributed by atoms with Crippen LogP contribution in [0.2, 0.25) is 0 Å². The lowest BCUT2D eigenvalue weighted by Crippen LogP contribution is -2.33. The fourth-order valence-corrected chi connectivity index (χ4v) is 3.45. The van der Waals surface area contributed by atoms with Crippen molar-refractivity contribution in [2.45, 2.75) is 0 Å². The van der Waals surface area contributed by atoms with Crippen molar-refractivity contribution in [1.29, 1.82) is 0 Å². The van der Waals surface area contributed by atoms with Gasteiger partial charge in [0.25, 0.3) is 11.8 Å². The average molecular weight is 490 g/mol. The van der Waals surface area contributed by atoms with E-state index >= 15 is 0 Å². The van der Waals surface area contributed by atoms with Gasteiger partial charge in [0, 0.05) is 25.0 Å². The van der Waals surface area contributed by atoms with Crippen molar-refractivity contribution in [3.05, 3.63) is 30.6 Å². The maximum absolute atomic E-state index is 12.2. The van der Waals surface area contributed by atoms with Crippen LogP contribution >= 0.6 is 59.4 Å². The van der Waals surface area contributed by atoms with Crippen LogP contribution in [0.3, 0.4) is 0 Å². The monoisotopic (exact) mass is 487 g/mol. The molecule has 0 saturated carbocycles. The SMILES string of the molecule is O=C(Cl)OCCN1C(=O)c2cc(Br)c(Br)c(Br)c2C1=O. The third-order valence-electron chi connectivity index (χ3n) is 2.63. The molecule has 1 aliphatic heterocycles. The van der Waals surface area contributed by atoms with E-state index in [-0.39, 0.29) is 24.3 Å². The van der Waals surface area contributed by atoms with E-state index in [1.807, 2.05) is 0 Å². The van der Waals surface area contributed by atoms with Crippen molar-refractivity contribution in [2.75, 3.05) is 13.2 Å². The van der Waals surface area contributed by atoms with Crippen LogP contribution in [-0.4, -0.2) is 35.3 Å². The molecule has 0 fully saturated rings. The number of benzene rings is 1. The Bertz CT molecular complexity index is 635. The number of hydrogen-bond acceptors (Lipinski definition) is 4. The van der Waals surface area contributed by atoms with Gasteiger partial charge in [-0.2, -0.15) is 0 Å². The Morgan fingerprint density at radius 2 is 1.85 bits per heavy atom. The first kappa shape index (κ1) is 15.9. The molecule has 1 aliphatic rings. The second-order valence-corrected chi connectivity index (χ2v) is 6.51. The van der Waals surface area contributed by atoms with Crippen LogP contribution in [0.5, 0.6) is 0 Å². The summed E-state index contributed by atoms with van der Waals surface area (Å²) in [4.78, 5) is 35.9. The number of ether oxygens (including phenoxy) is 1. The molecule has 106 valence electrons. The van der Waals surface area contributed by atoms with Crippen molar-refractivity contribution in [3.8, 4) is 0 Å². The molecule has 0 aromatic heterocycles. The molecule has 9 heteroatoms. The quantitative estimate of drug-likeness (QED) is 0.366. The van der Waals surface area contributed by atoms with Crippen LogP contribution in [0, 0.1) is 0 Å². The van der Waals surface area contributed by atoms with Gasteiger partial charge < -0.3 is 4.74 Å². The van der Waals surface area contributed by atoms with Gasteiger partial charge in [-0.15, -0.1) is 0 Å². The highest BCUT2D eigenvalue weighted by Gasteiger charge is 2.38.